The van der Waals surface area contributed by atoms with Crippen LogP contribution >= 0.6 is 0 Å². The molecule has 0 fully saturated rings. The number of amides is 2. The highest BCUT2D eigenvalue weighted by molar-refractivity contribution is 5.92. The monoisotopic (exact) mass is 374 g/mol. The van der Waals surface area contributed by atoms with Crippen LogP contribution in [0.3, 0.4) is 0 Å². The summed E-state index contributed by atoms with van der Waals surface area (Å²) in [5.74, 6) is 1.04. The number of benzene rings is 1. The highest BCUT2D eigenvalue weighted by Gasteiger charge is 2.14. The maximum absolute atomic E-state index is 12.3. The Balaban J connectivity index is 1.86. The molecule has 6 heteroatoms. The first-order valence-corrected chi connectivity index (χ1v) is 9.48. The van der Waals surface area contributed by atoms with Crippen molar-refractivity contribution >= 4 is 17.5 Å². The van der Waals surface area contributed by atoms with E-state index in [-0.39, 0.29) is 18.2 Å². The normalized spacial score (nSPS) is 13.5. The molecule has 1 N–H and O–H groups in total. The van der Waals surface area contributed by atoms with Crippen molar-refractivity contribution in [1.82, 2.24) is 4.90 Å². The first-order valence-electron chi connectivity index (χ1n) is 9.48. The van der Waals surface area contributed by atoms with Gasteiger partial charge < -0.3 is 19.7 Å². The van der Waals surface area contributed by atoms with Crippen LogP contribution in [0.1, 0.15) is 45.4 Å². The fourth-order valence-corrected chi connectivity index (χ4v) is 3.19. The number of rotatable bonds is 9. The second kappa shape index (κ2) is 10.6. The molecule has 0 atom stereocenters. The summed E-state index contributed by atoms with van der Waals surface area (Å²) in [5.41, 5.74) is 2.02. The average Bonchev–Trinajstić information content (AvgIpc) is 2.68. The SMILES string of the molecule is COc1ccc(NC(=O)CCN(CCC2=CCCCC2)C(C)=O)c(OC)c1. The summed E-state index contributed by atoms with van der Waals surface area (Å²) in [6, 6.07) is 5.22. The van der Waals surface area contributed by atoms with E-state index in [1.807, 2.05) is 0 Å². The standard InChI is InChI=1S/C21H30N2O4/c1-16(24)23(13-11-17-7-5-4-6-8-17)14-12-21(25)22-19-10-9-18(26-2)15-20(19)27-3/h7,9-10,15H,4-6,8,11-14H2,1-3H3,(H,22,25). The van der Waals surface area contributed by atoms with Gasteiger partial charge in [0, 0.05) is 32.5 Å². The van der Waals surface area contributed by atoms with Crippen LogP contribution in [-0.4, -0.2) is 44.0 Å². The fraction of sp³-hybridized carbons (Fsp3) is 0.524. The van der Waals surface area contributed by atoms with E-state index in [9.17, 15) is 9.59 Å². The second-order valence-corrected chi connectivity index (χ2v) is 6.73. The molecule has 0 radical (unpaired) electrons. The number of allylic oxidation sites excluding steroid dienone is 1. The molecule has 0 spiro atoms. The molecule has 1 aliphatic carbocycles. The molecule has 1 aliphatic rings. The maximum Gasteiger partial charge on any atom is 0.226 e. The van der Waals surface area contributed by atoms with Gasteiger partial charge in [0.1, 0.15) is 11.5 Å². The lowest BCUT2D eigenvalue weighted by Crippen LogP contribution is -2.33. The Bertz CT molecular complexity index is 685. The van der Waals surface area contributed by atoms with Gasteiger partial charge in [0.2, 0.25) is 11.8 Å². The second-order valence-electron chi connectivity index (χ2n) is 6.73. The Morgan fingerprint density at radius 1 is 1.15 bits per heavy atom. The van der Waals surface area contributed by atoms with E-state index >= 15 is 0 Å². The summed E-state index contributed by atoms with van der Waals surface area (Å²) in [6.45, 7) is 2.63. The number of nitrogens with one attached hydrogen (secondary N) is 1. The van der Waals surface area contributed by atoms with Gasteiger partial charge in [-0.3, -0.25) is 9.59 Å². The molecule has 0 saturated carbocycles. The van der Waals surface area contributed by atoms with Crippen LogP contribution in [0.5, 0.6) is 11.5 Å². The number of carbonyl (C=O) groups is 2. The lowest BCUT2D eigenvalue weighted by Gasteiger charge is -2.22. The van der Waals surface area contributed by atoms with E-state index in [4.69, 9.17) is 9.47 Å². The predicted octanol–water partition coefficient (Wildman–Crippen LogP) is 3.77. The van der Waals surface area contributed by atoms with E-state index in [0.717, 1.165) is 19.3 Å². The van der Waals surface area contributed by atoms with E-state index in [0.29, 0.717) is 30.3 Å². The quantitative estimate of drug-likeness (QED) is 0.668. The molecule has 2 rings (SSSR count). The summed E-state index contributed by atoms with van der Waals surface area (Å²) in [4.78, 5) is 26.0. The minimum atomic E-state index is -0.151. The van der Waals surface area contributed by atoms with Gasteiger partial charge in [-0.25, -0.2) is 0 Å². The average molecular weight is 374 g/mol. The summed E-state index contributed by atoms with van der Waals surface area (Å²) in [7, 11) is 3.12. The van der Waals surface area contributed by atoms with E-state index < -0.39 is 0 Å². The van der Waals surface area contributed by atoms with Crippen LogP contribution in [0.15, 0.2) is 29.8 Å². The first-order chi connectivity index (χ1) is 13.0. The third-order valence-corrected chi connectivity index (χ3v) is 4.82. The van der Waals surface area contributed by atoms with Gasteiger partial charge in [0.15, 0.2) is 0 Å². The predicted molar refractivity (Wildman–Crippen MR) is 106 cm³/mol. The molecule has 0 heterocycles. The van der Waals surface area contributed by atoms with Gasteiger partial charge in [0.25, 0.3) is 0 Å². The van der Waals surface area contributed by atoms with Crippen molar-refractivity contribution in [2.24, 2.45) is 0 Å². The molecule has 0 aliphatic heterocycles. The number of nitrogens with zero attached hydrogens (tertiary/aromatic N) is 1. The number of anilines is 1. The molecule has 1 aromatic rings. The Hall–Kier alpha value is -2.50. The van der Waals surface area contributed by atoms with Crippen LogP contribution in [-0.2, 0) is 9.59 Å². The van der Waals surface area contributed by atoms with Gasteiger partial charge in [-0.15, -0.1) is 0 Å². The van der Waals surface area contributed by atoms with Crippen molar-refractivity contribution in [3.05, 3.63) is 29.8 Å². The van der Waals surface area contributed by atoms with Crippen molar-refractivity contribution < 1.29 is 19.1 Å². The minimum absolute atomic E-state index is 0.00115. The van der Waals surface area contributed by atoms with Gasteiger partial charge in [-0.2, -0.15) is 0 Å². The maximum atomic E-state index is 12.3. The summed E-state index contributed by atoms with van der Waals surface area (Å²) in [6.07, 6.45) is 8.20. The van der Waals surface area contributed by atoms with E-state index in [1.54, 1.807) is 44.2 Å². The number of hydrogen-bond acceptors (Lipinski definition) is 4. The van der Waals surface area contributed by atoms with Crippen LogP contribution in [0, 0.1) is 0 Å². The van der Waals surface area contributed by atoms with Crippen LogP contribution in [0.2, 0.25) is 0 Å². The molecule has 148 valence electrons. The molecule has 0 unspecified atom stereocenters. The van der Waals surface area contributed by atoms with Crippen molar-refractivity contribution in [2.45, 2.75) is 45.4 Å². The van der Waals surface area contributed by atoms with Crippen molar-refractivity contribution in [3.63, 3.8) is 0 Å². The molecular formula is C21H30N2O4. The highest BCUT2D eigenvalue weighted by atomic mass is 16.5. The minimum Gasteiger partial charge on any atom is -0.497 e. The largest absolute Gasteiger partial charge is 0.497 e. The number of methoxy groups -OCH3 is 2. The summed E-state index contributed by atoms with van der Waals surface area (Å²) >= 11 is 0. The van der Waals surface area contributed by atoms with E-state index in [2.05, 4.69) is 11.4 Å². The van der Waals surface area contributed by atoms with Gasteiger partial charge in [-0.05, 0) is 44.2 Å². The molecule has 0 saturated heterocycles. The molecular weight excluding hydrogens is 344 g/mol. The first kappa shape index (κ1) is 20.8. The molecule has 0 bridgehead atoms. The van der Waals surface area contributed by atoms with Crippen molar-refractivity contribution in [2.75, 3.05) is 32.6 Å². The van der Waals surface area contributed by atoms with E-state index in [1.165, 1.54) is 18.4 Å². The summed E-state index contributed by atoms with van der Waals surface area (Å²) in [5, 5.41) is 2.84. The van der Waals surface area contributed by atoms with Crippen molar-refractivity contribution in [3.8, 4) is 11.5 Å². The molecule has 1 aromatic carbocycles. The smallest absolute Gasteiger partial charge is 0.226 e. The lowest BCUT2D eigenvalue weighted by molar-refractivity contribution is -0.129. The molecule has 6 nitrogen and oxygen atoms in total. The molecule has 2 amide bonds. The number of carbonyl (C=O) groups excluding carboxylic acids is 2. The van der Waals surface area contributed by atoms with Gasteiger partial charge >= 0.3 is 0 Å². The highest BCUT2D eigenvalue weighted by Crippen LogP contribution is 2.29. The van der Waals surface area contributed by atoms with Gasteiger partial charge in [0.05, 0.1) is 19.9 Å². The number of ether oxygens (including phenoxy) is 2. The van der Waals surface area contributed by atoms with Crippen LogP contribution < -0.4 is 14.8 Å². The topological polar surface area (TPSA) is 67.9 Å². The molecule has 27 heavy (non-hydrogen) atoms. The third kappa shape index (κ3) is 6.62. The zero-order chi connectivity index (χ0) is 19.6. The Labute approximate surface area is 161 Å². The Morgan fingerprint density at radius 2 is 1.96 bits per heavy atom. The van der Waals surface area contributed by atoms with Crippen molar-refractivity contribution in [1.29, 1.82) is 0 Å². The Morgan fingerprint density at radius 3 is 2.59 bits per heavy atom. The zero-order valence-electron chi connectivity index (χ0n) is 16.5. The molecule has 0 aromatic heterocycles. The third-order valence-electron chi connectivity index (χ3n) is 4.82. The van der Waals surface area contributed by atoms with Gasteiger partial charge in [-0.1, -0.05) is 11.6 Å². The Kier molecular flexibility index (Phi) is 8.17. The van der Waals surface area contributed by atoms with Crippen LogP contribution in [0.4, 0.5) is 5.69 Å². The van der Waals surface area contributed by atoms with Crippen LogP contribution in [0.25, 0.3) is 0 Å². The summed E-state index contributed by atoms with van der Waals surface area (Å²) < 4.78 is 10.5. The zero-order valence-corrected chi connectivity index (χ0v) is 16.5. The fourth-order valence-electron chi connectivity index (χ4n) is 3.19. The lowest BCUT2D eigenvalue weighted by atomic mass is 9.97. The number of hydrogen-bond donors (Lipinski definition) is 1.